The number of nitriles is 1. The third kappa shape index (κ3) is 4.15. The van der Waals surface area contributed by atoms with Crippen LogP contribution in [0, 0.1) is 17.1 Å². The Labute approximate surface area is 106 Å². The Morgan fingerprint density at radius 3 is 2.83 bits per heavy atom. The Kier molecular flexibility index (Phi) is 5.28. The number of carbonyl (C=O) groups is 1. The number of hydrogen-bond donors (Lipinski definition) is 2. The lowest BCUT2D eigenvalue weighted by molar-refractivity contribution is -0.116. The van der Waals surface area contributed by atoms with E-state index in [1.165, 1.54) is 12.1 Å². The van der Waals surface area contributed by atoms with Gasteiger partial charge in [0.05, 0.1) is 17.3 Å². The van der Waals surface area contributed by atoms with Crippen molar-refractivity contribution in [2.45, 2.75) is 26.3 Å². The maximum Gasteiger partial charge on any atom is 0.226 e. The Balaban J connectivity index is 2.62. The first-order valence-corrected chi connectivity index (χ1v) is 5.79. The molecule has 0 heterocycles. The second kappa shape index (κ2) is 6.72. The summed E-state index contributed by atoms with van der Waals surface area (Å²) in [5.74, 6) is -0.856. The highest BCUT2D eigenvalue weighted by molar-refractivity contribution is 5.91. The molecule has 0 saturated carbocycles. The second-order valence-electron chi connectivity index (χ2n) is 4.02. The van der Waals surface area contributed by atoms with Gasteiger partial charge in [-0.25, -0.2) is 4.39 Å². The van der Waals surface area contributed by atoms with Crippen molar-refractivity contribution in [3.05, 3.63) is 29.6 Å². The van der Waals surface area contributed by atoms with Crippen LogP contribution in [0.4, 0.5) is 10.1 Å². The SMILES string of the molecule is CCNC(C)CC(=O)Nc1ccc(C#N)cc1F. The lowest BCUT2D eigenvalue weighted by Gasteiger charge is -2.12. The molecule has 1 aromatic rings. The predicted octanol–water partition coefficient (Wildman–Crippen LogP) is 2.02. The standard InChI is InChI=1S/C13H16FN3O/c1-3-16-9(2)6-13(18)17-12-5-4-10(8-15)7-11(12)14/h4-5,7,9,16H,3,6H2,1-2H3,(H,17,18). The van der Waals surface area contributed by atoms with E-state index < -0.39 is 5.82 Å². The molecule has 5 heteroatoms. The predicted molar refractivity (Wildman–Crippen MR) is 67.5 cm³/mol. The summed E-state index contributed by atoms with van der Waals surface area (Å²) in [6.45, 7) is 4.62. The van der Waals surface area contributed by atoms with Crippen LogP contribution in [0.15, 0.2) is 18.2 Å². The molecule has 4 nitrogen and oxygen atoms in total. The molecule has 0 aliphatic heterocycles. The van der Waals surface area contributed by atoms with Gasteiger partial charge in [-0.1, -0.05) is 6.92 Å². The molecule has 0 saturated heterocycles. The number of rotatable bonds is 5. The van der Waals surface area contributed by atoms with E-state index in [1.807, 2.05) is 19.9 Å². The smallest absolute Gasteiger partial charge is 0.226 e. The van der Waals surface area contributed by atoms with Gasteiger partial charge < -0.3 is 10.6 Å². The fourth-order valence-corrected chi connectivity index (χ4v) is 1.59. The minimum Gasteiger partial charge on any atom is -0.324 e. The number of nitrogens with zero attached hydrogens (tertiary/aromatic N) is 1. The zero-order valence-electron chi connectivity index (χ0n) is 10.5. The van der Waals surface area contributed by atoms with Crippen LogP contribution in [0.1, 0.15) is 25.8 Å². The van der Waals surface area contributed by atoms with Gasteiger partial charge in [0, 0.05) is 12.5 Å². The first-order chi connectivity index (χ1) is 8.56. The summed E-state index contributed by atoms with van der Waals surface area (Å²) in [5.41, 5.74) is 0.328. The third-order valence-electron chi connectivity index (χ3n) is 2.42. The van der Waals surface area contributed by atoms with Crippen LogP contribution in [0.3, 0.4) is 0 Å². The van der Waals surface area contributed by atoms with Gasteiger partial charge in [0.1, 0.15) is 5.82 Å². The molecule has 2 N–H and O–H groups in total. The number of nitrogens with one attached hydrogen (secondary N) is 2. The van der Waals surface area contributed by atoms with Crippen LogP contribution in [0.2, 0.25) is 0 Å². The van der Waals surface area contributed by atoms with Gasteiger partial charge in [0.15, 0.2) is 0 Å². The van der Waals surface area contributed by atoms with E-state index in [4.69, 9.17) is 5.26 Å². The fraction of sp³-hybridized carbons (Fsp3) is 0.385. The Morgan fingerprint density at radius 2 is 2.28 bits per heavy atom. The first kappa shape index (κ1) is 14.1. The molecule has 1 amide bonds. The zero-order valence-corrected chi connectivity index (χ0v) is 10.5. The highest BCUT2D eigenvalue weighted by Gasteiger charge is 2.10. The van der Waals surface area contributed by atoms with Crippen LogP contribution >= 0.6 is 0 Å². The number of halogens is 1. The summed E-state index contributed by atoms with van der Waals surface area (Å²) in [5, 5.41) is 14.2. The summed E-state index contributed by atoms with van der Waals surface area (Å²) in [7, 11) is 0. The van der Waals surface area contributed by atoms with Gasteiger partial charge in [-0.3, -0.25) is 4.79 Å². The lowest BCUT2D eigenvalue weighted by Crippen LogP contribution is -2.30. The van der Waals surface area contributed by atoms with E-state index in [-0.39, 0.29) is 29.6 Å². The number of benzene rings is 1. The van der Waals surface area contributed by atoms with Crippen LogP contribution in [0.25, 0.3) is 0 Å². The average molecular weight is 249 g/mol. The number of hydrogen-bond acceptors (Lipinski definition) is 3. The monoisotopic (exact) mass is 249 g/mol. The summed E-state index contributed by atoms with van der Waals surface area (Å²) in [6, 6.07) is 5.83. The van der Waals surface area contributed by atoms with E-state index >= 15 is 0 Å². The van der Waals surface area contributed by atoms with Crippen LogP contribution < -0.4 is 10.6 Å². The van der Waals surface area contributed by atoms with Crippen molar-refractivity contribution < 1.29 is 9.18 Å². The van der Waals surface area contributed by atoms with Crippen LogP contribution in [0.5, 0.6) is 0 Å². The minimum atomic E-state index is -0.599. The average Bonchev–Trinajstić information content (AvgIpc) is 2.31. The third-order valence-corrected chi connectivity index (χ3v) is 2.42. The van der Waals surface area contributed by atoms with Gasteiger partial charge in [-0.2, -0.15) is 5.26 Å². The Morgan fingerprint density at radius 1 is 1.56 bits per heavy atom. The molecule has 18 heavy (non-hydrogen) atoms. The largest absolute Gasteiger partial charge is 0.324 e. The van der Waals surface area contributed by atoms with Crippen molar-refractivity contribution in [2.75, 3.05) is 11.9 Å². The molecule has 96 valence electrons. The highest BCUT2D eigenvalue weighted by atomic mass is 19.1. The number of anilines is 1. The van der Waals surface area contributed by atoms with Crippen LogP contribution in [-0.2, 0) is 4.79 Å². The molecule has 0 spiro atoms. The van der Waals surface area contributed by atoms with Crippen molar-refractivity contribution in [3.63, 3.8) is 0 Å². The lowest BCUT2D eigenvalue weighted by atomic mass is 10.2. The summed E-state index contributed by atoms with van der Waals surface area (Å²) in [6.07, 6.45) is 0.271. The highest BCUT2D eigenvalue weighted by Crippen LogP contribution is 2.15. The Hall–Kier alpha value is -1.93. The molecule has 0 radical (unpaired) electrons. The van der Waals surface area contributed by atoms with Crippen molar-refractivity contribution in [1.29, 1.82) is 5.26 Å². The number of carbonyl (C=O) groups excluding carboxylic acids is 1. The minimum absolute atomic E-state index is 0.0384. The van der Waals surface area contributed by atoms with Gasteiger partial charge in [0.2, 0.25) is 5.91 Å². The van der Waals surface area contributed by atoms with Crippen molar-refractivity contribution in [1.82, 2.24) is 5.32 Å². The maximum atomic E-state index is 13.5. The normalized spacial score (nSPS) is 11.7. The summed E-state index contributed by atoms with van der Waals surface area (Å²) < 4.78 is 13.5. The first-order valence-electron chi connectivity index (χ1n) is 5.79. The molecule has 1 atom stereocenters. The number of amides is 1. The molecule has 0 aromatic heterocycles. The van der Waals surface area contributed by atoms with Crippen molar-refractivity contribution in [3.8, 4) is 6.07 Å². The molecule has 0 aliphatic rings. The molecule has 1 aromatic carbocycles. The van der Waals surface area contributed by atoms with Gasteiger partial charge in [0.25, 0.3) is 0 Å². The molecular formula is C13H16FN3O. The topological polar surface area (TPSA) is 64.9 Å². The molecular weight excluding hydrogens is 233 g/mol. The molecule has 0 aliphatic carbocycles. The van der Waals surface area contributed by atoms with E-state index in [2.05, 4.69) is 10.6 Å². The van der Waals surface area contributed by atoms with Crippen molar-refractivity contribution >= 4 is 11.6 Å². The fourth-order valence-electron chi connectivity index (χ4n) is 1.59. The molecule has 0 bridgehead atoms. The summed E-state index contributed by atoms with van der Waals surface area (Å²) in [4.78, 5) is 11.6. The zero-order chi connectivity index (χ0) is 13.5. The van der Waals surface area contributed by atoms with E-state index in [9.17, 15) is 9.18 Å². The van der Waals surface area contributed by atoms with Gasteiger partial charge >= 0.3 is 0 Å². The molecule has 1 rings (SSSR count). The quantitative estimate of drug-likeness (QED) is 0.839. The second-order valence-corrected chi connectivity index (χ2v) is 4.02. The maximum absolute atomic E-state index is 13.5. The molecule has 0 fully saturated rings. The van der Waals surface area contributed by atoms with Gasteiger partial charge in [-0.05, 0) is 31.7 Å². The Bertz CT molecular complexity index is 468. The van der Waals surface area contributed by atoms with E-state index in [0.717, 1.165) is 12.6 Å². The van der Waals surface area contributed by atoms with Gasteiger partial charge in [-0.15, -0.1) is 0 Å². The van der Waals surface area contributed by atoms with E-state index in [0.29, 0.717) is 0 Å². The van der Waals surface area contributed by atoms with E-state index in [1.54, 1.807) is 0 Å². The van der Waals surface area contributed by atoms with Crippen molar-refractivity contribution in [2.24, 2.45) is 0 Å². The van der Waals surface area contributed by atoms with Crippen LogP contribution in [-0.4, -0.2) is 18.5 Å². The summed E-state index contributed by atoms with van der Waals surface area (Å²) >= 11 is 0. The molecule has 1 unspecified atom stereocenters.